The Labute approximate surface area is 104 Å². The highest BCUT2D eigenvalue weighted by Gasteiger charge is 2.01. The highest BCUT2D eigenvalue weighted by atomic mass is 19.1. The zero-order chi connectivity index (χ0) is 13.0. The van der Waals surface area contributed by atoms with Crippen molar-refractivity contribution in [3.63, 3.8) is 0 Å². The van der Waals surface area contributed by atoms with Crippen LogP contribution in [0.25, 0.3) is 0 Å². The molecule has 0 atom stereocenters. The predicted octanol–water partition coefficient (Wildman–Crippen LogP) is 3.59. The smallest absolute Gasteiger partial charge is 0.126 e. The van der Waals surface area contributed by atoms with Crippen LogP contribution >= 0.6 is 0 Å². The number of halogens is 2. The van der Waals surface area contributed by atoms with Crippen LogP contribution in [0.4, 0.5) is 14.5 Å². The Balaban J connectivity index is 2.01. The summed E-state index contributed by atoms with van der Waals surface area (Å²) in [5.41, 5.74) is 1.43. The van der Waals surface area contributed by atoms with Crippen molar-refractivity contribution in [2.45, 2.75) is 6.61 Å². The number of benzene rings is 2. The minimum atomic E-state index is -0.598. The SMILES string of the molecule is CNc1ccc(OCc2cc(F)cc(F)c2)cc1. The van der Waals surface area contributed by atoms with Crippen LogP contribution in [0.15, 0.2) is 42.5 Å². The van der Waals surface area contributed by atoms with Gasteiger partial charge in [0.25, 0.3) is 0 Å². The number of nitrogens with one attached hydrogen (secondary N) is 1. The van der Waals surface area contributed by atoms with Crippen molar-refractivity contribution in [1.29, 1.82) is 0 Å². The molecule has 2 nitrogen and oxygen atoms in total. The molecule has 1 N–H and O–H groups in total. The van der Waals surface area contributed by atoms with E-state index in [-0.39, 0.29) is 6.61 Å². The molecule has 0 fully saturated rings. The predicted molar refractivity (Wildman–Crippen MR) is 66.7 cm³/mol. The second-order valence-electron chi connectivity index (χ2n) is 3.84. The molecule has 2 aromatic rings. The van der Waals surface area contributed by atoms with E-state index in [1.807, 2.05) is 19.2 Å². The van der Waals surface area contributed by atoms with Gasteiger partial charge in [0, 0.05) is 18.8 Å². The van der Waals surface area contributed by atoms with Crippen molar-refractivity contribution in [2.24, 2.45) is 0 Å². The van der Waals surface area contributed by atoms with Gasteiger partial charge in [0.05, 0.1) is 0 Å². The molecule has 2 rings (SSSR count). The maximum absolute atomic E-state index is 12.9. The number of anilines is 1. The highest BCUT2D eigenvalue weighted by molar-refractivity contribution is 5.45. The molecule has 0 radical (unpaired) electrons. The first-order valence-electron chi connectivity index (χ1n) is 5.53. The third kappa shape index (κ3) is 3.20. The lowest BCUT2D eigenvalue weighted by Crippen LogP contribution is -1.97. The van der Waals surface area contributed by atoms with Crippen molar-refractivity contribution in [3.05, 3.63) is 59.7 Å². The summed E-state index contributed by atoms with van der Waals surface area (Å²) in [6, 6.07) is 10.7. The number of hydrogen-bond donors (Lipinski definition) is 1. The molecule has 0 heterocycles. The van der Waals surface area contributed by atoms with Gasteiger partial charge < -0.3 is 10.1 Å². The highest BCUT2D eigenvalue weighted by Crippen LogP contribution is 2.17. The number of hydrogen-bond acceptors (Lipinski definition) is 2. The largest absolute Gasteiger partial charge is 0.489 e. The third-order valence-corrected chi connectivity index (χ3v) is 2.47. The molecular weight excluding hydrogens is 236 g/mol. The van der Waals surface area contributed by atoms with E-state index in [4.69, 9.17) is 4.74 Å². The van der Waals surface area contributed by atoms with Crippen molar-refractivity contribution in [2.75, 3.05) is 12.4 Å². The second kappa shape index (κ2) is 5.49. The summed E-state index contributed by atoms with van der Waals surface area (Å²) in [6.45, 7) is 0.133. The van der Waals surface area contributed by atoms with Gasteiger partial charge in [-0.15, -0.1) is 0 Å². The molecule has 0 unspecified atom stereocenters. The van der Waals surface area contributed by atoms with Crippen LogP contribution in [0.5, 0.6) is 5.75 Å². The Hall–Kier alpha value is -2.10. The Bertz CT molecular complexity index is 506. The van der Waals surface area contributed by atoms with E-state index in [0.29, 0.717) is 11.3 Å². The first-order valence-corrected chi connectivity index (χ1v) is 5.53. The fraction of sp³-hybridized carbons (Fsp3) is 0.143. The maximum atomic E-state index is 12.9. The topological polar surface area (TPSA) is 21.3 Å². The summed E-state index contributed by atoms with van der Waals surface area (Å²) >= 11 is 0. The van der Waals surface area contributed by atoms with Crippen LogP contribution in [-0.4, -0.2) is 7.05 Å². The van der Waals surface area contributed by atoms with Gasteiger partial charge >= 0.3 is 0 Å². The van der Waals surface area contributed by atoms with E-state index in [1.165, 1.54) is 12.1 Å². The van der Waals surface area contributed by atoms with Crippen LogP contribution < -0.4 is 10.1 Å². The van der Waals surface area contributed by atoms with E-state index in [2.05, 4.69) is 5.32 Å². The van der Waals surface area contributed by atoms with Gasteiger partial charge in [-0.25, -0.2) is 8.78 Å². The van der Waals surface area contributed by atoms with Crippen molar-refractivity contribution in [1.82, 2.24) is 0 Å². The molecule has 0 aromatic heterocycles. The summed E-state index contributed by atoms with van der Waals surface area (Å²) in [5, 5.41) is 2.99. The zero-order valence-corrected chi connectivity index (χ0v) is 9.91. The molecule has 94 valence electrons. The molecule has 2 aromatic carbocycles. The van der Waals surface area contributed by atoms with Gasteiger partial charge in [-0.05, 0) is 42.0 Å². The molecule has 0 aliphatic rings. The van der Waals surface area contributed by atoms with Crippen LogP contribution in [0.3, 0.4) is 0 Å². The van der Waals surface area contributed by atoms with Crippen LogP contribution in [0.1, 0.15) is 5.56 Å². The molecule has 0 saturated heterocycles. The Morgan fingerprint density at radius 3 is 2.17 bits per heavy atom. The fourth-order valence-corrected chi connectivity index (χ4v) is 1.58. The average molecular weight is 249 g/mol. The number of rotatable bonds is 4. The average Bonchev–Trinajstić information content (AvgIpc) is 2.36. The number of ether oxygens (including phenoxy) is 1. The molecule has 0 spiro atoms. The first-order chi connectivity index (χ1) is 8.67. The Kier molecular flexibility index (Phi) is 3.77. The van der Waals surface area contributed by atoms with Crippen LogP contribution in [-0.2, 0) is 6.61 Å². The molecule has 0 aliphatic carbocycles. The Morgan fingerprint density at radius 2 is 1.61 bits per heavy atom. The molecule has 0 aliphatic heterocycles. The van der Waals surface area contributed by atoms with Gasteiger partial charge in [-0.3, -0.25) is 0 Å². The second-order valence-corrected chi connectivity index (χ2v) is 3.84. The van der Waals surface area contributed by atoms with E-state index in [9.17, 15) is 8.78 Å². The molecule has 4 heteroatoms. The zero-order valence-electron chi connectivity index (χ0n) is 9.91. The molecule has 18 heavy (non-hydrogen) atoms. The van der Waals surface area contributed by atoms with E-state index in [1.54, 1.807) is 12.1 Å². The lowest BCUT2D eigenvalue weighted by Gasteiger charge is -2.07. The minimum Gasteiger partial charge on any atom is -0.489 e. The first kappa shape index (κ1) is 12.4. The molecule has 0 bridgehead atoms. The summed E-state index contributed by atoms with van der Waals surface area (Å²) in [5.74, 6) is -0.545. The van der Waals surface area contributed by atoms with E-state index < -0.39 is 11.6 Å². The van der Waals surface area contributed by atoms with Crippen LogP contribution in [0.2, 0.25) is 0 Å². The molecular formula is C14H13F2NO. The van der Waals surface area contributed by atoms with Gasteiger partial charge in [-0.1, -0.05) is 0 Å². The van der Waals surface area contributed by atoms with Gasteiger partial charge in [-0.2, -0.15) is 0 Å². The Morgan fingerprint density at radius 1 is 1.00 bits per heavy atom. The maximum Gasteiger partial charge on any atom is 0.126 e. The quantitative estimate of drug-likeness (QED) is 0.894. The van der Waals surface area contributed by atoms with Gasteiger partial charge in [0.1, 0.15) is 24.0 Å². The lowest BCUT2D eigenvalue weighted by atomic mass is 10.2. The van der Waals surface area contributed by atoms with Crippen LogP contribution in [0, 0.1) is 11.6 Å². The van der Waals surface area contributed by atoms with E-state index in [0.717, 1.165) is 11.8 Å². The summed E-state index contributed by atoms with van der Waals surface area (Å²) in [4.78, 5) is 0. The van der Waals surface area contributed by atoms with Crippen molar-refractivity contribution >= 4 is 5.69 Å². The third-order valence-electron chi connectivity index (χ3n) is 2.47. The normalized spacial score (nSPS) is 10.2. The van der Waals surface area contributed by atoms with Crippen molar-refractivity contribution in [3.8, 4) is 5.75 Å². The van der Waals surface area contributed by atoms with Gasteiger partial charge in [0.2, 0.25) is 0 Å². The summed E-state index contributed by atoms with van der Waals surface area (Å²) in [6.07, 6.45) is 0. The molecule has 0 saturated carbocycles. The fourth-order valence-electron chi connectivity index (χ4n) is 1.58. The standard InChI is InChI=1S/C14H13F2NO/c1-17-13-2-4-14(5-3-13)18-9-10-6-11(15)8-12(16)7-10/h2-8,17H,9H2,1H3. The van der Waals surface area contributed by atoms with Crippen molar-refractivity contribution < 1.29 is 13.5 Å². The lowest BCUT2D eigenvalue weighted by molar-refractivity contribution is 0.305. The minimum absolute atomic E-state index is 0.133. The molecule has 0 amide bonds. The van der Waals surface area contributed by atoms with E-state index >= 15 is 0 Å². The summed E-state index contributed by atoms with van der Waals surface area (Å²) in [7, 11) is 1.82. The summed E-state index contributed by atoms with van der Waals surface area (Å²) < 4.78 is 31.3. The van der Waals surface area contributed by atoms with Gasteiger partial charge in [0.15, 0.2) is 0 Å². The monoisotopic (exact) mass is 249 g/mol.